The third-order valence-electron chi connectivity index (χ3n) is 4.99. The summed E-state index contributed by atoms with van der Waals surface area (Å²) in [5, 5.41) is 27.5. The average molecular weight is 395 g/mol. The number of imidazole rings is 1. The van der Waals surface area contributed by atoms with Gasteiger partial charge in [0.15, 0.2) is 10.6 Å². The van der Waals surface area contributed by atoms with Crippen LogP contribution < -0.4 is 0 Å². The molecule has 144 valence electrons. The number of nitrogens with one attached hydrogen (secondary N) is 1. The minimum atomic E-state index is -0.0582. The molecule has 0 amide bonds. The SMILES string of the molecule is CCc1cc(-c2n[nH]c(=S)n2-c2ccc3c(c2)nc(C)n3CC)c(O)cc1O. The number of phenols is 2. The van der Waals surface area contributed by atoms with Crippen LogP contribution in [0.4, 0.5) is 0 Å². The largest absolute Gasteiger partial charge is 0.508 e. The number of rotatable bonds is 4. The molecule has 2 aromatic heterocycles. The molecular formula is C20H21N5O2S. The summed E-state index contributed by atoms with van der Waals surface area (Å²) < 4.78 is 4.32. The Bertz CT molecular complexity index is 1250. The number of aromatic amines is 1. The summed E-state index contributed by atoms with van der Waals surface area (Å²) in [6.07, 6.45) is 0.629. The van der Waals surface area contributed by atoms with Crippen LogP contribution in [0.2, 0.25) is 0 Å². The minimum Gasteiger partial charge on any atom is -0.508 e. The van der Waals surface area contributed by atoms with E-state index in [1.54, 1.807) is 10.6 Å². The average Bonchev–Trinajstić information content (AvgIpc) is 3.20. The van der Waals surface area contributed by atoms with Crippen molar-refractivity contribution in [3.63, 3.8) is 0 Å². The van der Waals surface area contributed by atoms with Crippen molar-refractivity contribution in [3.8, 4) is 28.6 Å². The standard InChI is InChI=1S/C20H21N5O2S/c1-4-12-8-14(18(27)10-17(12)26)19-22-23-20(28)25(19)13-6-7-16-15(9-13)21-11(3)24(16)5-2/h6-10,26-27H,4-5H2,1-3H3,(H,23,28). The van der Waals surface area contributed by atoms with Crippen LogP contribution in [0.25, 0.3) is 28.1 Å². The molecule has 2 heterocycles. The first-order valence-corrected chi connectivity index (χ1v) is 9.55. The van der Waals surface area contributed by atoms with E-state index in [2.05, 4.69) is 26.7 Å². The van der Waals surface area contributed by atoms with Crippen molar-refractivity contribution in [1.82, 2.24) is 24.3 Å². The van der Waals surface area contributed by atoms with E-state index in [0.717, 1.165) is 34.7 Å². The monoisotopic (exact) mass is 395 g/mol. The Kier molecular flexibility index (Phi) is 4.43. The normalized spacial score (nSPS) is 11.4. The minimum absolute atomic E-state index is 0.0582. The molecule has 0 saturated carbocycles. The second-order valence-electron chi connectivity index (χ2n) is 6.62. The van der Waals surface area contributed by atoms with E-state index in [1.165, 1.54) is 6.07 Å². The third-order valence-corrected chi connectivity index (χ3v) is 5.26. The van der Waals surface area contributed by atoms with Gasteiger partial charge in [-0.15, -0.1) is 0 Å². The van der Waals surface area contributed by atoms with Gasteiger partial charge < -0.3 is 14.8 Å². The molecular weight excluding hydrogens is 374 g/mol. The number of hydrogen-bond acceptors (Lipinski definition) is 5. The molecule has 0 bridgehead atoms. The van der Waals surface area contributed by atoms with Gasteiger partial charge in [0.25, 0.3) is 0 Å². The molecule has 8 heteroatoms. The van der Waals surface area contributed by atoms with E-state index >= 15 is 0 Å². The van der Waals surface area contributed by atoms with Crippen LogP contribution in [0.5, 0.6) is 11.5 Å². The highest BCUT2D eigenvalue weighted by atomic mass is 32.1. The lowest BCUT2D eigenvalue weighted by Crippen LogP contribution is -1.99. The Morgan fingerprint density at radius 2 is 1.89 bits per heavy atom. The molecule has 0 aliphatic heterocycles. The van der Waals surface area contributed by atoms with Gasteiger partial charge in [0.05, 0.1) is 22.3 Å². The molecule has 2 aromatic carbocycles. The first-order chi connectivity index (χ1) is 13.4. The number of H-pyrrole nitrogens is 1. The number of aromatic hydroxyl groups is 2. The lowest BCUT2D eigenvalue weighted by Gasteiger charge is -2.11. The number of aryl methyl sites for hydroxylation is 3. The van der Waals surface area contributed by atoms with Crippen LogP contribution in [-0.4, -0.2) is 34.5 Å². The van der Waals surface area contributed by atoms with Gasteiger partial charge in [0.2, 0.25) is 0 Å². The van der Waals surface area contributed by atoms with E-state index in [1.807, 2.05) is 32.0 Å². The predicted molar refractivity (Wildman–Crippen MR) is 111 cm³/mol. The van der Waals surface area contributed by atoms with Crippen LogP contribution in [-0.2, 0) is 13.0 Å². The predicted octanol–water partition coefficient (Wildman–Crippen LogP) is 4.25. The molecule has 0 atom stereocenters. The Hall–Kier alpha value is -3.13. The smallest absolute Gasteiger partial charge is 0.200 e. The highest BCUT2D eigenvalue weighted by Gasteiger charge is 2.18. The Morgan fingerprint density at radius 3 is 2.61 bits per heavy atom. The first kappa shape index (κ1) is 18.2. The molecule has 0 aliphatic carbocycles. The van der Waals surface area contributed by atoms with Crippen molar-refractivity contribution < 1.29 is 10.2 Å². The van der Waals surface area contributed by atoms with Gasteiger partial charge in [-0.25, -0.2) is 4.98 Å². The number of nitrogens with zero attached hydrogens (tertiary/aromatic N) is 4. The van der Waals surface area contributed by atoms with Crippen LogP contribution >= 0.6 is 12.2 Å². The number of benzene rings is 2. The second kappa shape index (κ2) is 6.79. The van der Waals surface area contributed by atoms with Crippen molar-refractivity contribution in [2.24, 2.45) is 0 Å². The summed E-state index contributed by atoms with van der Waals surface area (Å²) >= 11 is 5.45. The van der Waals surface area contributed by atoms with E-state index in [4.69, 9.17) is 12.2 Å². The summed E-state index contributed by atoms with van der Waals surface area (Å²) in [6, 6.07) is 9.01. The summed E-state index contributed by atoms with van der Waals surface area (Å²) in [4.78, 5) is 4.65. The van der Waals surface area contributed by atoms with Crippen molar-refractivity contribution in [2.45, 2.75) is 33.7 Å². The fraction of sp³-hybridized carbons (Fsp3) is 0.250. The number of hydrogen-bond donors (Lipinski definition) is 3. The Balaban J connectivity index is 1.93. The summed E-state index contributed by atoms with van der Waals surface area (Å²) in [5.74, 6) is 1.43. The van der Waals surface area contributed by atoms with Crippen LogP contribution in [0.15, 0.2) is 30.3 Å². The molecule has 0 saturated heterocycles. The second-order valence-corrected chi connectivity index (χ2v) is 7.00. The molecule has 7 nitrogen and oxygen atoms in total. The highest BCUT2D eigenvalue weighted by molar-refractivity contribution is 7.71. The zero-order valence-electron chi connectivity index (χ0n) is 15.9. The zero-order chi connectivity index (χ0) is 20.0. The first-order valence-electron chi connectivity index (χ1n) is 9.14. The van der Waals surface area contributed by atoms with Gasteiger partial charge >= 0.3 is 0 Å². The van der Waals surface area contributed by atoms with Gasteiger partial charge in [-0.3, -0.25) is 9.67 Å². The fourth-order valence-electron chi connectivity index (χ4n) is 3.58. The van der Waals surface area contributed by atoms with Crippen molar-refractivity contribution in [1.29, 1.82) is 0 Å². The molecule has 0 spiro atoms. The summed E-state index contributed by atoms with van der Waals surface area (Å²) in [5.41, 5.74) is 3.95. The molecule has 4 aromatic rings. The highest BCUT2D eigenvalue weighted by Crippen LogP contribution is 2.35. The zero-order valence-corrected chi connectivity index (χ0v) is 16.7. The van der Waals surface area contributed by atoms with Gasteiger partial charge in [-0.1, -0.05) is 6.92 Å². The fourth-order valence-corrected chi connectivity index (χ4v) is 3.82. The van der Waals surface area contributed by atoms with E-state index in [0.29, 0.717) is 22.6 Å². The molecule has 3 N–H and O–H groups in total. The molecule has 0 aliphatic rings. The molecule has 0 fully saturated rings. The van der Waals surface area contributed by atoms with Gasteiger partial charge in [-0.2, -0.15) is 5.10 Å². The molecule has 0 unspecified atom stereocenters. The van der Waals surface area contributed by atoms with E-state index in [-0.39, 0.29) is 11.5 Å². The van der Waals surface area contributed by atoms with Crippen molar-refractivity contribution in [3.05, 3.63) is 46.5 Å². The maximum absolute atomic E-state index is 10.4. The number of aromatic nitrogens is 5. The van der Waals surface area contributed by atoms with Crippen LogP contribution in [0, 0.1) is 11.7 Å². The Labute approximate surface area is 166 Å². The van der Waals surface area contributed by atoms with Crippen LogP contribution in [0.3, 0.4) is 0 Å². The molecule has 0 radical (unpaired) electrons. The quantitative estimate of drug-likeness (QED) is 0.449. The van der Waals surface area contributed by atoms with Gasteiger partial charge in [0, 0.05) is 12.6 Å². The lowest BCUT2D eigenvalue weighted by atomic mass is 10.1. The summed E-state index contributed by atoms with van der Waals surface area (Å²) in [7, 11) is 0. The van der Waals surface area contributed by atoms with E-state index < -0.39 is 0 Å². The van der Waals surface area contributed by atoms with E-state index in [9.17, 15) is 10.2 Å². The molecule has 28 heavy (non-hydrogen) atoms. The van der Waals surface area contributed by atoms with Crippen molar-refractivity contribution >= 4 is 23.3 Å². The summed E-state index contributed by atoms with van der Waals surface area (Å²) in [6.45, 7) is 6.86. The lowest BCUT2D eigenvalue weighted by molar-refractivity contribution is 0.447. The topological polar surface area (TPSA) is 91.9 Å². The maximum atomic E-state index is 10.4. The van der Waals surface area contributed by atoms with Crippen molar-refractivity contribution in [2.75, 3.05) is 0 Å². The maximum Gasteiger partial charge on any atom is 0.200 e. The number of phenolic OH excluding ortho intramolecular Hbond substituents is 2. The van der Waals surface area contributed by atoms with Gasteiger partial charge in [0.1, 0.15) is 17.3 Å². The molecule has 4 rings (SSSR count). The van der Waals surface area contributed by atoms with Gasteiger partial charge in [-0.05, 0) is 62.3 Å². The van der Waals surface area contributed by atoms with Crippen LogP contribution in [0.1, 0.15) is 25.2 Å². The Morgan fingerprint density at radius 1 is 1.11 bits per heavy atom. The number of fused-ring (bicyclic) bond motifs is 1. The third kappa shape index (κ3) is 2.77.